The van der Waals surface area contributed by atoms with Crippen molar-refractivity contribution in [1.82, 2.24) is 15.2 Å². The van der Waals surface area contributed by atoms with Gasteiger partial charge >= 0.3 is 0 Å². The second kappa shape index (κ2) is 6.97. The average molecular weight is 287 g/mol. The van der Waals surface area contributed by atoms with Gasteiger partial charge in [-0.15, -0.1) is 11.3 Å². The fourth-order valence-corrected chi connectivity index (χ4v) is 3.35. The van der Waals surface area contributed by atoms with Crippen LogP contribution in [0, 0.1) is 0 Å². The van der Waals surface area contributed by atoms with Crippen molar-refractivity contribution in [1.29, 1.82) is 0 Å². The number of nitrogens with zero attached hydrogens (tertiary/aromatic N) is 2. The van der Waals surface area contributed by atoms with E-state index in [1.54, 1.807) is 11.3 Å². The molecule has 20 heavy (non-hydrogen) atoms. The summed E-state index contributed by atoms with van der Waals surface area (Å²) in [6, 6.07) is 11.4. The van der Waals surface area contributed by atoms with E-state index in [9.17, 15) is 0 Å². The molecule has 0 saturated carbocycles. The van der Waals surface area contributed by atoms with E-state index in [-0.39, 0.29) is 0 Å². The predicted octanol–water partition coefficient (Wildman–Crippen LogP) is 2.90. The lowest BCUT2D eigenvalue weighted by Gasteiger charge is -2.33. The van der Waals surface area contributed by atoms with Gasteiger partial charge < -0.3 is 5.32 Å². The lowest BCUT2D eigenvalue weighted by atomic mass is 10.0. The van der Waals surface area contributed by atoms with E-state index in [0.717, 1.165) is 19.6 Å². The maximum absolute atomic E-state index is 4.33. The minimum atomic E-state index is 0.594. The molecule has 0 aliphatic carbocycles. The molecule has 1 unspecified atom stereocenters. The topological polar surface area (TPSA) is 28.2 Å². The second-order valence-electron chi connectivity index (χ2n) is 5.37. The number of hydrogen-bond donors (Lipinski definition) is 1. The SMILES string of the molecule is c1ccc(CN2CCCC(NCc3nccs3)C2)cc1. The van der Waals surface area contributed by atoms with Gasteiger partial charge in [0.2, 0.25) is 0 Å². The van der Waals surface area contributed by atoms with Gasteiger partial charge in [0.05, 0.1) is 0 Å². The minimum absolute atomic E-state index is 0.594. The van der Waals surface area contributed by atoms with Crippen LogP contribution in [-0.4, -0.2) is 29.0 Å². The minimum Gasteiger partial charge on any atom is -0.306 e. The van der Waals surface area contributed by atoms with Crippen LogP contribution in [0.4, 0.5) is 0 Å². The first-order valence-corrected chi connectivity index (χ1v) is 8.16. The number of likely N-dealkylation sites (tertiary alicyclic amines) is 1. The first kappa shape index (κ1) is 13.7. The third-order valence-corrected chi connectivity index (χ3v) is 4.56. The highest BCUT2D eigenvalue weighted by atomic mass is 32.1. The van der Waals surface area contributed by atoms with Crippen LogP contribution in [0.5, 0.6) is 0 Å². The smallest absolute Gasteiger partial charge is 0.106 e. The molecule has 3 nitrogen and oxygen atoms in total. The van der Waals surface area contributed by atoms with Crippen molar-refractivity contribution in [2.75, 3.05) is 13.1 Å². The van der Waals surface area contributed by atoms with Crippen LogP contribution >= 0.6 is 11.3 Å². The van der Waals surface area contributed by atoms with Crippen LogP contribution in [0.2, 0.25) is 0 Å². The average Bonchev–Trinajstić information content (AvgIpc) is 3.00. The summed E-state index contributed by atoms with van der Waals surface area (Å²) >= 11 is 1.73. The summed E-state index contributed by atoms with van der Waals surface area (Å²) in [6.45, 7) is 4.32. The Hall–Kier alpha value is -1.23. The Morgan fingerprint density at radius 2 is 2.20 bits per heavy atom. The number of nitrogens with one attached hydrogen (secondary N) is 1. The standard InChI is InChI=1S/C16H21N3S/c1-2-5-14(6-3-1)12-19-9-4-7-15(13-19)18-11-16-17-8-10-20-16/h1-3,5-6,8,10,15,18H,4,7,9,11-13H2. The van der Waals surface area contributed by atoms with Gasteiger partial charge in [0, 0.05) is 37.3 Å². The number of piperidine rings is 1. The van der Waals surface area contributed by atoms with E-state index in [0.29, 0.717) is 6.04 Å². The summed E-state index contributed by atoms with van der Waals surface area (Å²) in [5, 5.41) is 6.87. The van der Waals surface area contributed by atoms with Gasteiger partial charge in [0.25, 0.3) is 0 Å². The predicted molar refractivity (Wildman–Crippen MR) is 83.7 cm³/mol. The zero-order chi connectivity index (χ0) is 13.6. The lowest BCUT2D eigenvalue weighted by molar-refractivity contribution is 0.182. The summed E-state index contributed by atoms with van der Waals surface area (Å²) in [7, 11) is 0. The van der Waals surface area contributed by atoms with Crippen molar-refractivity contribution < 1.29 is 0 Å². The maximum atomic E-state index is 4.33. The molecule has 106 valence electrons. The summed E-state index contributed by atoms with van der Waals surface area (Å²) in [5.41, 5.74) is 1.41. The van der Waals surface area contributed by atoms with Crippen LogP contribution in [0.15, 0.2) is 41.9 Å². The molecule has 1 saturated heterocycles. The number of hydrogen-bond acceptors (Lipinski definition) is 4. The van der Waals surface area contributed by atoms with Crippen molar-refractivity contribution in [3.05, 3.63) is 52.5 Å². The molecular weight excluding hydrogens is 266 g/mol. The highest BCUT2D eigenvalue weighted by Gasteiger charge is 2.19. The number of thiazole rings is 1. The third-order valence-electron chi connectivity index (χ3n) is 3.78. The van der Waals surface area contributed by atoms with Crippen molar-refractivity contribution in [2.45, 2.75) is 32.0 Å². The Balaban J connectivity index is 1.49. The number of rotatable bonds is 5. The monoisotopic (exact) mass is 287 g/mol. The van der Waals surface area contributed by atoms with E-state index in [1.807, 2.05) is 11.6 Å². The van der Waals surface area contributed by atoms with Gasteiger partial charge in [-0.3, -0.25) is 4.90 Å². The Morgan fingerprint density at radius 1 is 1.30 bits per heavy atom. The van der Waals surface area contributed by atoms with E-state index in [1.165, 1.54) is 30.0 Å². The molecule has 2 heterocycles. The van der Waals surface area contributed by atoms with Crippen LogP contribution in [0.25, 0.3) is 0 Å². The van der Waals surface area contributed by atoms with Crippen molar-refractivity contribution in [3.8, 4) is 0 Å². The van der Waals surface area contributed by atoms with Gasteiger partial charge in [0.1, 0.15) is 5.01 Å². The zero-order valence-corrected chi connectivity index (χ0v) is 12.5. The van der Waals surface area contributed by atoms with Crippen molar-refractivity contribution >= 4 is 11.3 Å². The molecule has 3 rings (SSSR count). The third kappa shape index (κ3) is 3.88. The Morgan fingerprint density at radius 3 is 3.00 bits per heavy atom. The lowest BCUT2D eigenvalue weighted by Crippen LogP contribution is -2.44. The van der Waals surface area contributed by atoms with Gasteiger partial charge in [-0.1, -0.05) is 30.3 Å². The van der Waals surface area contributed by atoms with Crippen LogP contribution < -0.4 is 5.32 Å². The normalized spacial score (nSPS) is 20.1. The molecule has 4 heteroatoms. The fraction of sp³-hybridized carbons (Fsp3) is 0.438. The second-order valence-corrected chi connectivity index (χ2v) is 6.35. The first-order valence-electron chi connectivity index (χ1n) is 7.28. The number of aromatic nitrogens is 1. The van der Waals surface area contributed by atoms with Crippen molar-refractivity contribution in [3.63, 3.8) is 0 Å². The molecule has 2 aromatic rings. The van der Waals surface area contributed by atoms with Crippen LogP contribution in [-0.2, 0) is 13.1 Å². The first-order chi connectivity index (χ1) is 9.90. The summed E-state index contributed by atoms with van der Waals surface area (Å²) in [4.78, 5) is 6.88. The van der Waals surface area contributed by atoms with E-state index >= 15 is 0 Å². The molecule has 1 N–H and O–H groups in total. The molecule has 1 aromatic carbocycles. The highest BCUT2D eigenvalue weighted by Crippen LogP contribution is 2.14. The molecule has 0 radical (unpaired) electrons. The quantitative estimate of drug-likeness (QED) is 0.916. The summed E-state index contributed by atoms with van der Waals surface area (Å²) in [6.07, 6.45) is 4.43. The largest absolute Gasteiger partial charge is 0.306 e. The molecule has 0 spiro atoms. The van der Waals surface area contributed by atoms with Crippen LogP contribution in [0.3, 0.4) is 0 Å². The van der Waals surface area contributed by atoms with Crippen LogP contribution in [0.1, 0.15) is 23.4 Å². The van der Waals surface area contributed by atoms with Gasteiger partial charge in [0.15, 0.2) is 0 Å². The van der Waals surface area contributed by atoms with Gasteiger partial charge in [-0.2, -0.15) is 0 Å². The summed E-state index contributed by atoms with van der Waals surface area (Å²) in [5.74, 6) is 0. The molecule has 1 fully saturated rings. The van der Waals surface area contributed by atoms with Crippen molar-refractivity contribution in [2.24, 2.45) is 0 Å². The maximum Gasteiger partial charge on any atom is 0.106 e. The van der Waals surface area contributed by atoms with E-state index < -0.39 is 0 Å². The molecule has 1 atom stereocenters. The molecule has 0 amide bonds. The number of benzene rings is 1. The highest BCUT2D eigenvalue weighted by molar-refractivity contribution is 7.09. The van der Waals surface area contributed by atoms with Gasteiger partial charge in [-0.05, 0) is 24.9 Å². The summed E-state index contributed by atoms with van der Waals surface area (Å²) < 4.78 is 0. The molecule has 1 aliphatic rings. The van der Waals surface area contributed by atoms with E-state index in [2.05, 4.69) is 45.5 Å². The van der Waals surface area contributed by atoms with E-state index in [4.69, 9.17) is 0 Å². The molecule has 0 bridgehead atoms. The Bertz CT molecular complexity index is 498. The Labute approximate surface area is 124 Å². The molecule has 1 aliphatic heterocycles. The molecular formula is C16H21N3S. The fourth-order valence-electron chi connectivity index (χ4n) is 2.78. The zero-order valence-electron chi connectivity index (χ0n) is 11.7. The Kier molecular flexibility index (Phi) is 4.79. The van der Waals surface area contributed by atoms with Gasteiger partial charge in [-0.25, -0.2) is 4.98 Å². The molecule has 1 aromatic heterocycles.